The molecule has 0 fully saturated rings. The van der Waals surface area contributed by atoms with Gasteiger partial charge in [-0.25, -0.2) is 0 Å². The van der Waals surface area contributed by atoms with E-state index in [2.05, 4.69) is 118 Å². The molecule has 0 rings (SSSR count). The molecule has 0 bridgehead atoms. The van der Waals surface area contributed by atoms with Crippen molar-refractivity contribution in [2.75, 3.05) is 13.2 Å². The van der Waals surface area contributed by atoms with Gasteiger partial charge in [0.15, 0.2) is 6.10 Å². The molecule has 0 aromatic rings. The van der Waals surface area contributed by atoms with Crippen molar-refractivity contribution < 1.29 is 28.6 Å². The van der Waals surface area contributed by atoms with Gasteiger partial charge in [-0.3, -0.25) is 14.4 Å². The maximum atomic E-state index is 12.8. The van der Waals surface area contributed by atoms with Crippen molar-refractivity contribution in [3.05, 3.63) is 97.2 Å². The topological polar surface area (TPSA) is 78.9 Å². The zero-order valence-electron chi connectivity index (χ0n) is 42.2. The van der Waals surface area contributed by atoms with E-state index in [1.54, 1.807) is 0 Å². The number of rotatable bonds is 47. The minimum atomic E-state index is -0.798. The lowest BCUT2D eigenvalue weighted by Gasteiger charge is -2.18. The maximum absolute atomic E-state index is 12.8. The van der Waals surface area contributed by atoms with Gasteiger partial charge in [-0.05, 0) is 116 Å². The molecule has 1 atom stereocenters. The molecule has 0 heterocycles. The molecule has 0 aliphatic rings. The van der Waals surface area contributed by atoms with E-state index >= 15 is 0 Å². The number of ether oxygens (including phenoxy) is 3. The summed E-state index contributed by atoms with van der Waals surface area (Å²) in [7, 11) is 0. The van der Waals surface area contributed by atoms with Crippen molar-refractivity contribution in [2.24, 2.45) is 0 Å². The lowest BCUT2D eigenvalue weighted by Crippen LogP contribution is -2.30. The van der Waals surface area contributed by atoms with Gasteiger partial charge in [0, 0.05) is 19.3 Å². The highest BCUT2D eigenvalue weighted by molar-refractivity contribution is 5.71. The fourth-order valence-corrected chi connectivity index (χ4v) is 7.09. The number of hydrogen-bond donors (Lipinski definition) is 0. The molecule has 0 aliphatic carbocycles. The first-order chi connectivity index (χ1) is 32.0. The van der Waals surface area contributed by atoms with E-state index in [0.717, 1.165) is 148 Å². The van der Waals surface area contributed by atoms with E-state index in [0.29, 0.717) is 19.3 Å². The Kier molecular flexibility index (Phi) is 50.0. The first-order valence-corrected chi connectivity index (χ1v) is 26.7. The van der Waals surface area contributed by atoms with Gasteiger partial charge in [0.1, 0.15) is 13.2 Å². The van der Waals surface area contributed by atoms with Crippen molar-refractivity contribution in [1.82, 2.24) is 0 Å². The summed E-state index contributed by atoms with van der Waals surface area (Å²) in [6, 6.07) is 0. The van der Waals surface area contributed by atoms with Crippen LogP contribution in [0, 0.1) is 0 Å². The molecule has 0 unspecified atom stereocenters. The zero-order valence-corrected chi connectivity index (χ0v) is 42.2. The van der Waals surface area contributed by atoms with E-state index in [-0.39, 0.29) is 31.1 Å². The largest absolute Gasteiger partial charge is 0.462 e. The first kappa shape index (κ1) is 61.3. The first-order valence-electron chi connectivity index (χ1n) is 26.7. The van der Waals surface area contributed by atoms with Crippen LogP contribution in [0.3, 0.4) is 0 Å². The molecule has 0 N–H and O–H groups in total. The Morgan fingerprint density at radius 1 is 0.323 bits per heavy atom. The molecule has 0 saturated carbocycles. The normalized spacial score (nSPS) is 12.8. The summed E-state index contributed by atoms with van der Waals surface area (Å²) >= 11 is 0. The van der Waals surface area contributed by atoms with Gasteiger partial charge in [-0.1, -0.05) is 201 Å². The molecule has 0 aromatic carbocycles. The van der Waals surface area contributed by atoms with Gasteiger partial charge in [-0.2, -0.15) is 0 Å². The monoisotopic (exact) mass is 903 g/mol. The molecule has 6 nitrogen and oxygen atoms in total. The number of hydrogen-bond acceptors (Lipinski definition) is 6. The number of unbranched alkanes of at least 4 members (excludes halogenated alkanes) is 20. The van der Waals surface area contributed by atoms with Crippen molar-refractivity contribution in [3.63, 3.8) is 0 Å². The van der Waals surface area contributed by atoms with Gasteiger partial charge < -0.3 is 14.2 Å². The van der Waals surface area contributed by atoms with E-state index < -0.39 is 6.10 Å². The summed E-state index contributed by atoms with van der Waals surface area (Å²) in [5.74, 6) is -0.938. The second-order valence-corrected chi connectivity index (χ2v) is 17.4. The highest BCUT2D eigenvalue weighted by Gasteiger charge is 2.19. The Morgan fingerprint density at radius 2 is 0.600 bits per heavy atom. The molecule has 0 spiro atoms. The standard InChI is InChI=1S/C59H98O6/c1-4-7-10-13-16-19-22-25-28-29-32-34-37-40-43-46-49-52-58(61)64-55-56(65-59(62)53-50-47-44-41-38-35-31-27-24-21-18-15-12-9-6-3)54-63-57(60)51-48-45-42-39-36-33-30-26-23-20-17-14-11-8-5-2/h8-9,11-12,16-21,25-28,30-31,56H,4-7,10,13-15,22-24,29,32-55H2,1-3H3/b11-8-,12-9-,19-16-,20-17-,21-18-,28-25-,30-26-,31-27-/t56-/m1/s1. The minimum absolute atomic E-state index is 0.0954. The number of allylic oxidation sites excluding steroid dienone is 16. The Labute approximate surface area is 400 Å². The average molecular weight is 903 g/mol. The van der Waals surface area contributed by atoms with Crippen LogP contribution in [0.5, 0.6) is 0 Å². The highest BCUT2D eigenvalue weighted by atomic mass is 16.6. The fraction of sp³-hybridized carbons (Fsp3) is 0.678. The molecule has 370 valence electrons. The summed E-state index contributed by atoms with van der Waals surface area (Å²) in [6.07, 6.45) is 69.6. The number of carbonyl (C=O) groups excluding carboxylic acids is 3. The van der Waals surface area contributed by atoms with Crippen LogP contribution in [-0.2, 0) is 28.6 Å². The van der Waals surface area contributed by atoms with Crippen LogP contribution in [0.2, 0.25) is 0 Å². The van der Waals surface area contributed by atoms with Gasteiger partial charge in [0.05, 0.1) is 0 Å². The molecule has 0 radical (unpaired) electrons. The van der Waals surface area contributed by atoms with Crippen LogP contribution in [0.4, 0.5) is 0 Å². The second-order valence-electron chi connectivity index (χ2n) is 17.4. The van der Waals surface area contributed by atoms with E-state index in [4.69, 9.17) is 14.2 Å². The van der Waals surface area contributed by atoms with Gasteiger partial charge >= 0.3 is 17.9 Å². The molecule has 65 heavy (non-hydrogen) atoms. The van der Waals surface area contributed by atoms with Gasteiger partial charge in [0.2, 0.25) is 0 Å². The molecule has 0 saturated heterocycles. The van der Waals surface area contributed by atoms with Crippen LogP contribution < -0.4 is 0 Å². The highest BCUT2D eigenvalue weighted by Crippen LogP contribution is 2.14. The molecular formula is C59H98O6. The Morgan fingerprint density at radius 3 is 0.938 bits per heavy atom. The molecule has 0 amide bonds. The Hall–Kier alpha value is -3.67. The van der Waals surface area contributed by atoms with Crippen LogP contribution >= 0.6 is 0 Å². The average Bonchev–Trinajstić information content (AvgIpc) is 3.30. The van der Waals surface area contributed by atoms with E-state index in [9.17, 15) is 14.4 Å². The summed E-state index contributed by atoms with van der Waals surface area (Å²) in [5.41, 5.74) is 0. The quantitative estimate of drug-likeness (QED) is 0.0262. The fourth-order valence-electron chi connectivity index (χ4n) is 7.09. The molecule has 6 heteroatoms. The van der Waals surface area contributed by atoms with E-state index in [1.165, 1.54) is 51.4 Å². The Balaban J connectivity index is 4.46. The van der Waals surface area contributed by atoms with Gasteiger partial charge in [-0.15, -0.1) is 0 Å². The van der Waals surface area contributed by atoms with Crippen LogP contribution in [0.25, 0.3) is 0 Å². The molecular weight excluding hydrogens is 805 g/mol. The van der Waals surface area contributed by atoms with Crippen molar-refractivity contribution in [1.29, 1.82) is 0 Å². The Bertz CT molecular complexity index is 1310. The number of esters is 3. The molecule has 0 aliphatic heterocycles. The van der Waals surface area contributed by atoms with Crippen molar-refractivity contribution in [2.45, 2.75) is 245 Å². The number of carbonyl (C=O) groups is 3. The SMILES string of the molecule is CC/C=C\C/C=C\C/C=C\CCCCCCCC(=O)OC[C@H](COC(=O)CCCCCCCCC/C=C\C/C=C\CCCCC)OC(=O)CCCCCCC/C=C\C/C=C\C/C=C\CC. The smallest absolute Gasteiger partial charge is 0.306 e. The lowest BCUT2D eigenvalue weighted by molar-refractivity contribution is -0.167. The predicted octanol–water partition coefficient (Wildman–Crippen LogP) is 17.8. The third kappa shape index (κ3) is 51.2. The van der Waals surface area contributed by atoms with Crippen LogP contribution in [-0.4, -0.2) is 37.2 Å². The molecule has 0 aromatic heterocycles. The maximum Gasteiger partial charge on any atom is 0.306 e. The lowest BCUT2D eigenvalue weighted by atomic mass is 10.1. The predicted molar refractivity (Wildman–Crippen MR) is 279 cm³/mol. The van der Waals surface area contributed by atoms with Crippen LogP contribution in [0.1, 0.15) is 239 Å². The summed E-state index contributed by atoms with van der Waals surface area (Å²) in [4.78, 5) is 38.1. The van der Waals surface area contributed by atoms with Crippen molar-refractivity contribution >= 4 is 17.9 Å². The second kappa shape index (κ2) is 52.9. The van der Waals surface area contributed by atoms with Gasteiger partial charge in [0.25, 0.3) is 0 Å². The van der Waals surface area contributed by atoms with E-state index in [1.807, 2.05) is 0 Å². The van der Waals surface area contributed by atoms with Crippen molar-refractivity contribution in [3.8, 4) is 0 Å². The summed E-state index contributed by atoms with van der Waals surface area (Å²) in [5, 5.41) is 0. The summed E-state index contributed by atoms with van der Waals surface area (Å²) in [6.45, 7) is 6.35. The summed E-state index contributed by atoms with van der Waals surface area (Å²) < 4.78 is 16.8. The third-order valence-electron chi connectivity index (χ3n) is 11.1. The third-order valence-corrected chi connectivity index (χ3v) is 11.1. The zero-order chi connectivity index (χ0) is 47.2. The minimum Gasteiger partial charge on any atom is -0.462 e. The van der Waals surface area contributed by atoms with Crippen LogP contribution in [0.15, 0.2) is 97.2 Å².